The zero-order valence-corrected chi connectivity index (χ0v) is 17.7. The summed E-state index contributed by atoms with van der Waals surface area (Å²) in [6.07, 6.45) is 0.0843. The fraction of sp³-hybridized carbons (Fsp3) is 0.174. The van der Waals surface area contributed by atoms with Gasteiger partial charge in [0.05, 0.1) is 22.8 Å². The van der Waals surface area contributed by atoms with Gasteiger partial charge in [0.15, 0.2) is 0 Å². The second-order valence-electron chi connectivity index (χ2n) is 7.42. The highest BCUT2D eigenvalue weighted by Gasteiger charge is 2.29. The Morgan fingerprint density at radius 3 is 2.65 bits per heavy atom. The third kappa shape index (κ3) is 3.84. The number of hydrogen-bond acceptors (Lipinski definition) is 3. The lowest BCUT2D eigenvalue weighted by atomic mass is 10.0. The van der Waals surface area contributed by atoms with Crippen molar-refractivity contribution < 1.29 is 14.0 Å². The number of rotatable bonds is 3. The van der Waals surface area contributed by atoms with Gasteiger partial charge >= 0.3 is 0 Å². The molecule has 0 saturated heterocycles. The quantitative estimate of drug-likeness (QED) is 0.676. The molecule has 4 rings (SSSR count). The molecule has 158 valence electrons. The first kappa shape index (κ1) is 20.8. The summed E-state index contributed by atoms with van der Waals surface area (Å²) in [7, 11) is 1.65. The second-order valence-corrected chi connectivity index (χ2v) is 7.82. The van der Waals surface area contributed by atoms with Crippen LogP contribution in [0.15, 0.2) is 53.3 Å². The molecular formula is C23H19ClFN3O3. The van der Waals surface area contributed by atoms with Crippen LogP contribution in [0.4, 0.5) is 15.8 Å². The average Bonchev–Trinajstić information content (AvgIpc) is 2.84. The zero-order valence-electron chi connectivity index (χ0n) is 16.9. The fourth-order valence-electron chi connectivity index (χ4n) is 3.79. The Balaban J connectivity index is 1.75. The molecule has 0 unspecified atom stereocenters. The van der Waals surface area contributed by atoms with Crippen molar-refractivity contribution in [2.45, 2.75) is 13.3 Å². The Morgan fingerprint density at radius 1 is 1.16 bits per heavy atom. The molecule has 1 aliphatic rings. The zero-order chi connectivity index (χ0) is 22.3. The van der Waals surface area contributed by atoms with Crippen LogP contribution < -0.4 is 15.8 Å². The first-order valence-corrected chi connectivity index (χ1v) is 9.98. The van der Waals surface area contributed by atoms with Crippen LogP contribution in [0.25, 0.3) is 11.3 Å². The molecule has 31 heavy (non-hydrogen) atoms. The van der Waals surface area contributed by atoms with Gasteiger partial charge in [0.25, 0.3) is 5.56 Å². The molecule has 1 N–H and O–H groups in total. The lowest BCUT2D eigenvalue weighted by Crippen LogP contribution is -2.39. The average molecular weight is 440 g/mol. The van der Waals surface area contributed by atoms with Crippen LogP contribution in [0.5, 0.6) is 0 Å². The van der Waals surface area contributed by atoms with E-state index in [4.69, 9.17) is 11.6 Å². The Bertz CT molecular complexity index is 1290. The van der Waals surface area contributed by atoms with Crippen LogP contribution >= 0.6 is 11.6 Å². The van der Waals surface area contributed by atoms with E-state index in [-0.39, 0.29) is 35.1 Å². The summed E-state index contributed by atoms with van der Waals surface area (Å²) in [5, 5.41) is 2.54. The van der Waals surface area contributed by atoms with Gasteiger partial charge in [-0.25, -0.2) is 4.39 Å². The number of halogens is 2. The van der Waals surface area contributed by atoms with Crippen molar-refractivity contribution in [3.05, 3.63) is 80.9 Å². The lowest BCUT2D eigenvalue weighted by molar-refractivity contribution is -0.121. The van der Waals surface area contributed by atoms with Crippen LogP contribution in [0.2, 0.25) is 5.02 Å². The first-order valence-electron chi connectivity index (χ1n) is 9.60. The largest absolute Gasteiger partial charge is 0.324 e. The SMILES string of the molecule is Cc1cc2c(n(C)c1=O)-c1ccccc1CC(=O)N2CC(=O)Nc1ccc(Cl)c(F)c1. The van der Waals surface area contributed by atoms with Crippen LogP contribution in [-0.4, -0.2) is 22.9 Å². The third-order valence-electron chi connectivity index (χ3n) is 5.28. The van der Waals surface area contributed by atoms with E-state index in [0.717, 1.165) is 17.2 Å². The molecule has 0 atom stereocenters. The number of nitrogens with one attached hydrogen (secondary N) is 1. The number of carbonyl (C=O) groups is 2. The summed E-state index contributed by atoms with van der Waals surface area (Å²) in [5.74, 6) is -1.43. The topological polar surface area (TPSA) is 71.4 Å². The van der Waals surface area contributed by atoms with Gasteiger partial charge in [0.2, 0.25) is 11.8 Å². The minimum atomic E-state index is -0.656. The highest BCUT2D eigenvalue weighted by Crippen LogP contribution is 2.36. The van der Waals surface area contributed by atoms with Crippen molar-refractivity contribution in [3.8, 4) is 11.3 Å². The fourth-order valence-corrected chi connectivity index (χ4v) is 3.90. The molecule has 3 aromatic rings. The highest BCUT2D eigenvalue weighted by atomic mass is 35.5. The molecule has 2 heterocycles. The van der Waals surface area contributed by atoms with E-state index in [0.29, 0.717) is 16.9 Å². The number of amides is 2. The third-order valence-corrected chi connectivity index (χ3v) is 5.59. The number of nitrogens with zero attached hydrogens (tertiary/aromatic N) is 2. The van der Waals surface area contributed by atoms with Crippen molar-refractivity contribution in [2.24, 2.45) is 7.05 Å². The predicted octanol–water partition coefficient (Wildman–Crippen LogP) is 3.68. The normalized spacial score (nSPS) is 12.8. The molecule has 0 bridgehead atoms. The monoisotopic (exact) mass is 439 g/mol. The smallest absolute Gasteiger partial charge is 0.253 e. The number of benzene rings is 2. The lowest BCUT2D eigenvalue weighted by Gasteiger charge is -2.24. The second kappa shape index (κ2) is 8.00. The van der Waals surface area contributed by atoms with Crippen LogP contribution in [0.3, 0.4) is 0 Å². The van der Waals surface area contributed by atoms with Gasteiger partial charge in [-0.15, -0.1) is 0 Å². The molecule has 2 amide bonds. The summed E-state index contributed by atoms with van der Waals surface area (Å²) < 4.78 is 15.2. The minimum Gasteiger partial charge on any atom is -0.324 e. The maximum absolute atomic E-state index is 13.7. The number of hydrogen-bond donors (Lipinski definition) is 1. The van der Waals surface area contributed by atoms with Crippen molar-refractivity contribution in [3.63, 3.8) is 0 Å². The van der Waals surface area contributed by atoms with Crippen LogP contribution in [-0.2, 0) is 23.1 Å². The summed E-state index contributed by atoms with van der Waals surface area (Å²) in [6.45, 7) is 1.38. The highest BCUT2D eigenvalue weighted by molar-refractivity contribution is 6.30. The van der Waals surface area contributed by atoms with Gasteiger partial charge in [-0.2, -0.15) is 0 Å². The molecule has 0 radical (unpaired) electrons. The maximum Gasteiger partial charge on any atom is 0.253 e. The number of carbonyl (C=O) groups excluding carboxylic acids is 2. The molecule has 0 aliphatic carbocycles. The van der Waals surface area contributed by atoms with Gasteiger partial charge in [-0.1, -0.05) is 35.9 Å². The van der Waals surface area contributed by atoms with E-state index in [9.17, 15) is 18.8 Å². The molecule has 0 saturated carbocycles. The van der Waals surface area contributed by atoms with E-state index < -0.39 is 11.7 Å². The number of fused-ring (bicyclic) bond motifs is 3. The Morgan fingerprint density at radius 2 is 1.90 bits per heavy atom. The van der Waals surface area contributed by atoms with Gasteiger partial charge in [-0.05, 0) is 36.8 Å². The number of aromatic nitrogens is 1. The summed E-state index contributed by atoms with van der Waals surface area (Å²) >= 11 is 5.68. The number of pyridine rings is 1. The van der Waals surface area contributed by atoms with Gasteiger partial charge in [0, 0.05) is 23.9 Å². The van der Waals surface area contributed by atoms with E-state index in [2.05, 4.69) is 5.32 Å². The Labute approximate surface area is 182 Å². The molecule has 1 aromatic heterocycles. The molecule has 8 heteroatoms. The number of anilines is 2. The maximum atomic E-state index is 13.7. The van der Waals surface area contributed by atoms with Crippen molar-refractivity contribution in [2.75, 3.05) is 16.8 Å². The molecular weight excluding hydrogens is 421 g/mol. The predicted molar refractivity (Wildman–Crippen MR) is 118 cm³/mol. The summed E-state index contributed by atoms with van der Waals surface area (Å²) in [6, 6.07) is 12.9. The van der Waals surface area contributed by atoms with Crippen molar-refractivity contribution in [1.29, 1.82) is 0 Å². The minimum absolute atomic E-state index is 0.0521. The van der Waals surface area contributed by atoms with Crippen LogP contribution in [0, 0.1) is 12.7 Å². The molecule has 2 aromatic carbocycles. The standard InChI is InChI=1S/C23H19ClFN3O3/c1-13-9-19-22(27(2)23(13)31)16-6-4-3-5-14(16)10-21(30)28(19)12-20(29)26-15-7-8-17(24)18(25)11-15/h3-9,11H,10,12H2,1-2H3,(H,26,29). The van der Waals surface area contributed by atoms with Crippen molar-refractivity contribution >= 4 is 34.8 Å². The molecule has 1 aliphatic heterocycles. The Kier molecular flexibility index (Phi) is 5.37. The van der Waals surface area contributed by atoms with E-state index in [1.807, 2.05) is 24.3 Å². The van der Waals surface area contributed by atoms with E-state index in [1.165, 1.54) is 21.6 Å². The van der Waals surface area contributed by atoms with Crippen LogP contribution in [0.1, 0.15) is 11.1 Å². The molecule has 0 spiro atoms. The van der Waals surface area contributed by atoms with Crippen molar-refractivity contribution in [1.82, 2.24) is 4.57 Å². The van der Waals surface area contributed by atoms with Gasteiger partial charge in [-0.3, -0.25) is 14.4 Å². The molecule has 0 fully saturated rings. The number of aryl methyl sites for hydroxylation is 1. The van der Waals surface area contributed by atoms with Gasteiger partial charge in [0.1, 0.15) is 12.4 Å². The summed E-state index contributed by atoms with van der Waals surface area (Å²) in [4.78, 5) is 39.8. The first-order chi connectivity index (χ1) is 14.8. The van der Waals surface area contributed by atoms with E-state index in [1.54, 1.807) is 20.0 Å². The Hall–Kier alpha value is -3.45. The summed E-state index contributed by atoms with van der Waals surface area (Å²) in [5.41, 5.74) is 3.11. The van der Waals surface area contributed by atoms with E-state index >= 15 is 0 Å². The molecule has 6 nitrogen and oxygen atoms in total. The van der Waals surface area contributed by atoms with Gasteiger partial charge < -0.3 is 14.8 Å².